The molecule has 5 heteroatoms. The third kappa shape index (κ3) is 4.57. The Labute approximate surface area is 164 Å². The molecule has 0 aliphatic heterocycles. The van der Waals surface area contributed by atoms with E-state index in [1.165, 1.54) is 7.11 Å². The fraction of sp³-hybridized carbons (Fsp3) is 0.130. The fourth-order valence-corrected chi connectivity index (χ4v) is 2.77. The van der Waals surface area contributed by atoms with Crippen LogP contribution in [0, 0.1) is 0 Å². The summed E-state index contributed by atoms with van der Waals surface area (Å²) in [6.45, 7) is 1.76. The van der Waals surface area contributed by atoms with Crippen molar-refractivity contribution in [2.24, 2.45) is 0 Å². The first-order chi connectivity index (χ1) is 13.6. The summed E-state index contributed by atoms with van der Waals surface area (Å²) in [6, 6.07) is 22.6. The average molecular weight is 374 g/mol. The Hall–Kier alpha value is -3.60. The number of anilines is 2. The van der Waals surface area contributed by atoms with Crippen LogP contribution in [0.5, 0.6) is 5.75 Å². The summed E-state index contributed by atoms with van der Waals surface area (Å²) in [6.07, 6.45) is 0.341. The second-order valence-corrected chi connectivity index (χ2v) is 6.21. The molecule has 142 valence electrons. The van der Waals surface area contributed by atoms with Crippen molar-refractivity contribution in [1.29, 1.82) is 0 Å². The maximum absolute atomic E-state index is 12.6. The van der Waals surface area contributed by atoms with E-state index in [1.807, 2.05) is 54.6 Å². The lowest BCUT2D eigenvalue weighted by molar-refractivity contribution is -0.115. The van der Waals surface area contributed by atoms with E-state index in [1.54, 1.807) is 25.1 Å². The Morgan fingerprint density at radius 1 is 0.857 bits per heavy atom. The number of amides is 2. The Morgan fingerprint density at radius 3 is 2.18 bits per heavy atom. The molecule has 0 aromatic heterocycles. The molecule has 2 N–H and O–H groups in total. The van der Waals surface area contributed by atoms with Crippen LogP contribution in [0.3, 0.4) is 0 Å². The Kier molecular flexibility index (Phi) is 6.07. The van der Waals surface area contributed by atoms with Gasteiger partial charge in [-0.2, -0.15) is 0 Å². The van der Waals surface area contributed by atoms with E-state index in [4.69, 9.17) is 4.74 Å². The average Bonchev–Trinajstić information content (AvgIpc) is 2.74. The molecular formula is C23H22N2O3. The minimum atomic E-state index is -0.262. The smallest absolute Gasteiger partial charge is 0.255 e. The fourth-order valence-electron chi connectivity index (χ4n) is 2.77. The molecule has 0 aliphatic carbocycles. The molecule has 0 atom stereocenters. The molecule has 0 saturated carbocycles. The van der Waals surface area contributed by atoms with E-state index in [-0.39, 0.29) is 11.8 Å². The maximum atomic E-state index is 12.6. The van der Waals surface area contributed by atoms with E-state index in [2.05, 4.69) is 10.6 Å². The molecule has 0 saturated heterocycles. The van der Waals surface area contributed by atoms with Crippen molar-refractivity contribution >= 4 is 23.2 Å². The van der Waals surface area contributed by atoms with Crippen LogP contribution in [0.15, 0.2) is 72.8 Å². The molecule has 5 nitrogen and oxygen atoms in total. The van der Waals surface area contributed by atoms with Gasteiger partial charge in [-0.05, 0) is 41.5 Å². The van der Waals surface area contributed by atoms with E-state index in [0.29, 0.717) is 29.1 Å². The SMILES string of the molecule is CCC(=O)Nc1cc(C(=O)Nc2ccc(-c3ccccc3)cc2)ccc1OC. The lowest BCUT2D eigenvalue weighted by Gasteiger charge is -2.12. The number of benzene rings is 3. The zero-order valence-corrected chi connectivity index (χ0v) is 15.9. The molecular weight excluding hydrogens is 352 g/mol. The molecule has 3 rings (SSSR count). The van der Waals surface area contributed by atoms with Gasteiger partial charge in [0.1, 0.15) is 5.75 Å². The number of ether oxygens (including phenoxy) is 1. The molecule has 0 radical (unpaired) electrons. The molecule has 28 heavy (non-hydrogen) atoms. The van der Waals surface area contributed by atoms with Gasteiger partial charge in [-0.1, -0.05) is 49.4 Å². The molecule has 0 unspecified atom stereocenters. The van der Waals surface area contributed by atoms with Crippen molar-refractivity contribution in [3.8, 4) is 16.9 Å². The number of methoxy groups -OCH3 is 1. The highest BCUT2D eigenvalue weighted by molar-refractivity contribution is 6.06. The quantitative estimate of drug-likeness (QED) is 0.641. The van der Waals surface area contributed by atoms with Crippen molar-refractivity contribution in [3.63, 3.8) is 0 Å². The Bertz CT molecular complexity index is 967. The van der Waals surface area contributed by atoms with Gasteiger partial charge in [0.15, 0.2) is 0 Å². The van der Waals surface area contributed by atoms with Gasteiger partial charge in [0.25, 0.3) is 5.91 Å². The summed E-state index contributed by atoms with van der Waals surface area (Å²) in [5, 5.41) is 5.63. The molecule has 0 spiro atoms. The minimum absolute atomic E-state index is 0.146. The van der Waals surface area contributed by atoms with Gasteiger partial charge >= 0.3 is 0 Å². The number of hydrogen-bond donors (Lipinski definition) is 2. The predicted octanol–water partition coefficient (Wildman–Crippen LogP) is 4.96. The van der Waals surface area contributed by atoms with Crippen LogP contribution in [0.1, 0.15) is 23.7 Å². The van der Waals surface area contributed by atoms with Crippen molar-refractivity contribution in [3.05, 3.63) is 78.4 Å². The number of hydrogen-bond acceptors (Lipinski definition) is 3. The second-order valence-electron chi connectivity index (χ2n) is 6.21. The molecule has 3 aromatic rings. The molecule has 0 fully saturated rings. The third-order valence-corrected chi connectivity index (χ3v) is 4.31. The third-order valence-electron chi connectivity index (χ3n) is 4.31. The Balaban J connectivity index is 1.75. The van der Waals surface area contributed by atoms with Gasteiger partial charge < -0.3 is 15.4 Å². The van der Waals surface area contributed by atoms with Crippen LogP contribution in [0.25, 0.3) is 11.1 Å². The van der Waals surface area contributed by atoms with Crippen molar-refractivity contribution < 1.29 is 14.3 Å². The van der Waals surface area contributed by atoms with E-state index in [9.17, 15) is 9.59 Å². The van der Waals surface area contributed by atoms with Gasteiger partial charge in [-0.3, -0.25) is 9.59 Å². The first kappa shape index (κ1) is 19.2. The zero-order valence-electron chi connectivity index (χ0n) is 15.9. The van der Waals surface area contributed by atoms with Gasteiger partial charge in [-0.15, -0.1) is 0 Å². The monoisotopic (exact) mass is 374 g/mol. The van der Waals surface area contributed by atoms with Crippen molar-refractivity contribution in [2.45, 2.75) is 13.3 Å². The Morgan fingerprint density at radius 2 is 1.54 bits per heavy atom. The summed E-state index contributed by atoms with van der Waals surface area (Å²) in [5.74, 6) is 0.0973. The lowest BCUT2D eigenvalue weighted by Crippen LogP contribution is -2.14. The van der Waals surface area contributed by atoms with Gasteiger partial charge in [0.2, 0.25) is 5.91 Å². The predicted molar refractivity (Wildman–Crippen MR) is 112 cm³/mol. The number of carbonyl (C=O) groups excluding carboxylic acids is 2. The van der Waals surface area contributed by atoms with Gasteiger partial charge in [0, 0.05) is 17.7 Å². The van der Waals surface area contributed by atoms with E-state index < -0.39 is 0 Å². The van der Waals surface area contributed by atoms with Gasteiger partial charge in [-0.25, -0.2) is 0 Å². The van der Waals surface area contributed by atoms with Crippen molar-refractivity contribution in [1.82, 2.24) is 0 Å². The number of rotatable bonds is 6. The van der Waals surface area contributed by atoms with Crippen LogP contribution >= 0.6 is 0 Å². The zero-order chi connectivity index (χ0) is 19.9. The van der Waals surface area contributed by atoms with Crippen LogP contribution in [0.4, 0.5) is 11.4 Å². The van der Waals surface area contributed by atoms with Gasteiger partial charge in [0.05, 0.1) is 12.8 Å². The summed E-state index contributed by atoms with van der Waals surface area (Å²) in [7, 11) is 1.52. The first-order valence-corrected chi connectivity index (χ1v) is 9.05. The number of carbonyl (C=O) groups is 2. The summed E-state index contributed by atoms with van der Waals surface area (Å²) >= 11 is 0. The summed E-state index contributed by atoms with van der Waals surface area (Å²) in [5.41, 5.74) is 3.79. The van der Waals surface area contributed by atoms with E-state index in [0.717, 1.165) is 11.1 Å². The summed E-state index contributed by atoms with van der Waals surface area (Å²) < 4.78 is 5.25. The highest BCUT2D eigenvalue weighted by Gasteiger charge is 2.12. The maximum Gasteiger partial charge on any atom is 0.255 e. The molecule has 2 amide bonds. The number of nitrogens with one attached hydrogen (secondary N) is 2. The standard InChI is InChI=1S/C23H22N2O3/c1-3-22(26)25-20-15-18(11-14-21(20)28-2)23(27)24-19-12-9-17(10-13-19)16-7-5-4-6-8-16/h4-15H,3H2,1-2H3,(H,24,27)(H,25,26). The van der Waals surface area contributed by atoms with Crippen molar-refractivity contribution in [2.75, 3.05) is 17.7 Å². The molecule has 0 bridgehead atoms. The largest absolute Gasteiger partial charge is 0.495 e. The summed E-state index contributed by atoms with van der Waals surface area (Å²) in [4.78, 5) is 24.3. The second kappa shape index (κ2) is 8.86. The van der Waals surface area contributed by atoms with Crippen LogP contribution < -0.4 is 15.4 Å². The normalized spacial score (nSPS) is 10.2. The van der Waals surface area contributed by atoms with Crippen LogP contribution in [-0.4, -0.2) is 18.9 Å². The molecule has 3 aromatic carbocycles. The first-order valence-electron chi connectivity index (χ1n) is 9.05. The molecule has 0 aliphatic rings. The highest BCUT2D eigenvalue weighted by Crippen LogP contribution is 2.26. The highest BCUT2D eigenvalue weighted by atomic mass is 16.5. The minimum Gasteiger partial charge on any atom is -0.495 e. The van der Waals surface area contributed by atoms with E-state index >= 15 is 0 Å². The topological polar surface area (TPSA) is 67.4 Å². The van der Waals surface area contributed by atoms with Crippen LogP contribution in [-0.2, 0) is 4.79 Å². The molecule has 0 heterocycles. The lowest BCUT2D eigenvalue weighted by atomic mass is 10.1. The van der Waals surface area contributed by atoms with Crippen LogP contribution in [0.2, 0.25) is 0 Å².